The lowest BCUT2D eigenvalue weighted by atomic mass is 10.0. The van der Waals surface area contributed by atoms with Gasteiger partial charge in [0, 0.05) is 18.2 Å². The summed E-state index contributed by atoms with van der Waals surface area (Å²) in [5, 5.41) is 0. The number of primary amides is 1. The van der Waals surface area contributed by atoms with Crippen LogP contribution in [-0.2, 0) is 6.54 Å². The Bertz CT molecular complexity index is 397. The van der Waals surface area contributed by atoms with E-state index in [2.05, 4.69) is 4.90 Å². The van der Waals surface area contributed by atoms with E-state index in [0.717, 1.165) is 38.0 Å². The van der Waals surface area contributed by atoms with Gasteiger partial charge in [-0.3, -0.25) is 9.69 Å². The van der Waals surface area contributed by atoms with Gasteiger partial charge >= 0.3 is 0 Å². The van der Waals surface area contributed by atoms with Crippen LogP contribution in [0, 0.1) is 0 Å². The zero-order valence-electron chi connectivity index (χ0n) is 9.93. The minimum Gasteiger partial charge on any atom is -0.366 e. The Labute approximate surface area is 102 Å². The molecule has 0 aromatic heterocycles. The quantitative estimate of drug-likeness (QED) is 0.807. The number of rotatable bonds is 3. The van der Waals surface area contributed by atoms with E-state index in [1.54, 1.807) is 6.07 Å². The molecule has 1 aliphatic heterocycles. The van der Waals surface area contributed by atoms with Crippen molar-refractivity contribution in [1.29, 1.82) is 0 Å². The van der Waals surface area contributed by atoms with Gasteiger partial charge in [-0.2, -0.15) is 0 Å². The van der Waals surface area contributed by atoms with Crippen molar-refractivity contribution in [3.05, 3.63) is 35.4 Å². The number of carbonyl (C=O) groups is 1. The summed E-state index contributed by atoms with van der Waals surface area (Å²) < 4.78 is 0. The number of nitrogens with zero attached hydrogens (tertiary/aromatic N) is 1. The van der Waals surface area contributed by atoms with Gasteiger partial charge in [-0.1, -0.05) is 18.2 Å². The highest BCUT2D eigenvalue weighted by atomic mass is 16.1. The Hall–Kier alpha value is -1.39. The Morgan fingerprint density at radius 1 is 1.29 bits per heavy atom. The molecule has 1 aliphatic rings. The van der Waals surface area contributed by atoms with Gasteiger partial charge in [-0.15, -0.1) is 0 Å². The maximum Gasteiger partial charge on any atom is 0.249 e. The molecule has 92 valence electrons. The van der Waals surface area contributed by atoms with E-state index in [1.165, 1.54) is 0 Å². The SMILES string of the molecule is NC(=O)c1ccccc1CN1CCC(N)CC1. The summed E-state index contributed by atoms with van der Waals surface area (Å²) in [5.41, 5.74) is 12.9. The number of nitrogens with two attached hydrogens (primary N) is 2. The second kappa shape index (κ2) is 5.29. The molecule has 1 aromatic carbocycles. The Kier molecular flexibility index (Phi) is 3.76. The first kappa shape index (κ1) is 12.1. The molecule has 0 radical (unpaired) electrons. The molecule has 2 rings (SSSR count). The van der Waals surface area contributed by atoms with E-state index < -0.39 is 0 Å². The molecule has 1 amide bonds. The first-order chi connectivity index (χ1) is 8.16. The van der Waals surface area contributed by atoms with E-state index >= 15 is 0 Å². The fourth-order valence-corrected chi connectivity index (χ4v) is 2.25. The number of carbonyl (C=O) groups excluding carboxylic acids is 1. The zero-order valence-corrected chi connectivity index (χ0v) is 9.93. The highest BCUT2D eigenvalue weighted by molar-refractivity contribution is 5.94. The molecule has 0 atom stereocenters. The average Bonchev–Trinajstić information content (AvgIpc) is 2.32. The average molecular weight is 233 g/mol. The third-order valence-electron chi connectivity index (χ3n) is 3.31. The maximum absolute atomic E-state index is 11.3. The van der Waals surface area contributed by atoms with E-state index in [1.807, 2.05) is 18.2 Å². The van der Waals surface area contributed by atoms with E-state index in [4.69, 9.17) is 11.5 Å². The van der Waals surface area contributed by atoms with Crippen LogP contribution in [0.15, 0.2) is 24.3 Å². The van der Waals surface area contributed by atoms with Crippen LogP contribution in [0.2, 0.25) is 0 Å². The summed E-state index contributed by atoms with van der Waals surface area (Å²) >= 11 is 0. The molecular formula is C13H19N3O. The highest BCUT2D eigenvalue weighted by Crippen LogP contribution is 2.15. The molecule has 0 aliphatic carbocycles. The van der Waals surface area contributed by atoms with Gasteiger partial charge in [-0.05, 0) is 37.6 Å². The van der Waals surface area contributed by atoms with E-state index in [0.29, 0.717) is 11.6 Å². The Morgan fingerprint density at radius 3 is 2.59 bits per heavy atom. The molecule has 17 heavy (non-hydrogen) atoms. The second-order valence-corrected chi connectivity index (χ2v) is 4.63. The van der Waals surface area contributed by atoms with Crippen molar-refractivity contribution >= 4 is 5.91 Å². The van der Waals surface area contributed by atoms with E-state index in [-0.39, 0.29) is 5.91 Å². The van der Waals surface area contributed by atoms with Gasteiger partial charge < -0.3 is 11.5 Å². The molecule has 0 spiro atoms. The van der Waals surface area contributed by atoms with Crippen molar-refractivity contribution in [3.63, 3.8) is 0 Å². The molecule has 4 heteroatoms. The largest absolute Gasteiger partial charge is 0.366 e. The minimum atomic E-state index is -0.352. The molecule has 1 aromatic rings. The van der Waals surface area contributed by atoms with Crippen molar-refractivity contribution in [1.82, 2.24) is 4.90 Å². The number of hydrogen-bond donors (Lipinski definition) is 2. The van der Waals surface area contributed by atoms with Crippen LogP contribution in [0.5, 0.6) is 0 Å². The van der Waals surface area contributed by atoms with Gasteiger partial charge in [0.05, 0.1) is 0 Å². The van der Waals surface area contributed by atoms with Crippen molar-refractivity contribution in [3.8, 4) is 0 Å². The first-order valence-corrected chi connectivity index (χ1v) is 6.02. The van der Waals surface area contributed by atoms with Crippen LogP contribution in [0.4, 0.5) is 0 Å². The number of hydrogen-bond acceptors (Lipinski definition) is 3. The van der Waals surface area contributed by atoms with Crippen molar-refractivity contribution < 1.29 is 4.79 Å². The van der Waals surface area contributed by atoms with Gasteiger partial charge in [0.15, 0.2) is 0 Å². The van der Waals surface area contributed by atoms with Gasteiger partial charge in [0.25, 0.3) is 0 Å². The number of benzene rings is 1. The fraction of sp³-hybridized carbons (Fsp3) is 0.462. The topological polar surface area (TPSA) is 72.4 Å². The van der Waals surface area contributed by atoms with Crippen molar-refractivity contribution in [2.45, 2.75) is 25.4 Å². The lowest BCUT2D eigenvalue weighted by Gasteiger charge is -2.30. The third kappa shape index (κ3) is 3.05. The molecule has 4 nitrogen and oxygen atoms in total. The van der Waals surface area contributed by atoms with Crippen molar-refractivity contribution in [2.24, 2.45) is 11.5 Å². The second-order valence-electron chi connectivity index (χ2n) is 4.63. The number of piperidine rings is 1. The van der Waals surface area contributed by atoms with Crippen LogP contribution in [0.1, 0.15) is 28.8 Å². The van der Waals surface area contributed by atoms with Gasteiger partial charge in [0.2, 0.25) is 5.91 Å². The summed E-state index contributed by atoms with van der Waals surface area (Å²) in [6.45, 7) is 2.77. The number of amides is 1. The predicted molar refractivity (Wildman–Crippen MR) is 67.4 cm³/mol. The monoisotopic (exact) mass is 233 g/mol. The van der Waals surface area contributed by atoms with Crippen LogP contribution in [0.3, 0.4) is 0 Å². The normalized spacial score (nSPS) is 18.2. The molecule has 1 heterocycles. The molecule has 1 saturated heterocycles. The Morgan fingerprint density at radius 2 is 1.94 bits per heavy atom. The number of likely N-dealkylation sites (tertiary alicyclic amines) is 1. The maximum atomic E-state index is 11.3. The predicted octanol–water partition coefficient (Wildman–Crippen LogP) is 0.709. The smallest absolute Gasteiger partial charge is 0.249 e. The van der Waals surface area contributed by atoms with Gasteiger partial charge in [0.1, 0.15) is 0 Å². The van der Waals surface area contributed by atoms with Crippen molar-refractivity contribution in [2.75, 3.05) is 13.1 Å². The third-order valence-corrected chi connectivity index (χ3v) is 3.31. The Balaban J connectivity index is 2.05. The summed E-state index contributed by atoms with van der Waals surface area (Å²) in [7, 11) is 0. The summed E-state index contributed by atoms with van der Waals surface area (Å²) in [4.78, 5) is 13.6. The van der Waals surface area contributed by atoms with Crippen LogP contribution in [0.25, 0.3) is 0 Å². The lowest BCUT2D eigenvalue weighted by molar-refractivity contribution is 0.0997. The zero-order chi connectivity index (χ0) is 12.3. The van der Waals surface area contributed by atoms with Gasteiger partial charge in [-0.25, -0.2) is 0 Å². The molecular weight excluding hydrogens is 214 g/mol. The molecule has 0 unspecified atom stereocenters. The molecule has 0 saturated carbocycles. The van der Waals surface area contributed by atoms with Crippen LogP contribution >= 0.6 is 0 Å². The molecule has 0 bridgehead atoms. The minimum absolute atomic E-state index is 0.331. The lowest BCUT2D eigenvalue weighted by Crippen LogP contribution is -2.39. The first-order valence-electron chi connectivity index (χ1n) is 6.02. The molecule has 4 N–H and O–H groups in total. The van der Waals surface area contributed by atoms with Crippen LogP contribution < -0.4 is 11.5 Å². The standard InChI is InChI=1S/C13H19N3O/c14-11-5-7-16(8-6-11)9-10-3-1-2-4-12(10)13(15)17/h1-4,11H,5-9,14H2,(H2,15,17). The summed E-state index contributed by atoms with van der Waals surface area (Å²) in [6.07, 6.45) is 2.05. The fourth-order valence-electron chi connectivity index (χ4n) is 2.25. The van der Waals surface area contributed by atoms with E-state index in [9.17, 15) is 4.79 Å². The highest BCUT2D eigenvalue weighted by Gasteiger charge is 2.17. The molecule has 1 fully saturated rings. The summed E-state index contributed by atoms with van der Waals surface area (Å²) in [5.74, 6) is -0.352. The van der Waals surface area contributed by atoms with Crippen LogP contribution in [-0.4, -0.2) is 29.9 Å². The summed E-state index contributed by atoms with van der Waals surface area (Å²) in [6, 6.07) is 7.87.